The van der Waals surface area contributed by atoms with Gasteiger partial charge in [-0.2, -0.15) is 0 Å². The third kappa shape index (κ3) is 4.22. The second-order valence-corrected chi connectivity index (χ2v) is 5.39. The number of β-amino-alcohol motifs (C(OH)–C–C–N with tert-alkyl or cyclic N) is 1. The molecule has 0 saturated heterocycles. The fraction of sp³-hybridized carbons (Fsp3) is 0.625. The highest BCUT2D eigenvalue weighted by atomic mass is 16.3. The molecule has 3 nitrogen and oxygen atoms in total. The minimum absolute atomic E-state index is 0.294. The number of hydrogen-bond donors (Lipinski definition) is 2. The molecule has 0 spiro atoms. The molecule has 1 aromatic rings. The van der Waals surface area contributed by atoms with Gasteiger partial charge in [0.2, 0.25) is 0 Å². The van der Waals surface area contributed by atoms with Crippen molar-refractivity contribution in [1.82, 2.24) is 5.32 Å². The number of anilines is 1. The summed E-state index contributed by atoms with van der Waals surface area (Å²) in [4.78, 5) is 2.35. The van der Waals surface area contributed by atoms with Crippen LogP contribution in [-0.4, -0.2) is 37.4 Å². The van der Waals surface area contributed by atoms with Gasteiger partial charge in [-0.25, -0.2) is 0 Å². The molecule has 0 amide bonds. The Morgan fingerprint density at radius 1 is 1.32 bits per heavy atom. The van der Waals surface area contributed by atoms with Gasteiger partial charge >= 0.3 is 0 Å². The zero-order valence-corrected chi connectivity index (χ0v) is 11.9. The van der Waals surface area contributed by atoms with Crippen molar-refractivity contribution in [2.24, 2.45) is 0 Å². The van der Waals surface area contributed by atoms with E-state index in [4.69, 9.17) is 0 Å². The first-order valence-electron chi connectivity index (χ1n) is 7.53. The zero-order chi connectivity index (χ0) is 13.5. The maximum atomic E-state index is 10.1. The lowest BCUT2D eigenvalue weighted by Crippen LogP contribution is -2.39. The SMILES string of the molecule is CCCNCC(O)CN1CCCCc2ccccc21. The molecule has 0 aromatic heterocycles. The van der Waals surface area contributed by atoms with E-state index < -0.39 is 0 Å². The van der Waals surface area contributed by atoms with Crippen molar-refractivity contribution in [2.75, 3.05) is 31.1 Å². The van der Waals surface area contributed by atoms with Gasteiger partial charge in [0.1, 0.15) is 0 Å². The molecule has 1 atom stereocenters. The molecule has 0 aliphatic carbocycles. The predicted octanol–water partition coefficient (Wildman–Crippen LogP) is 2.19. The molecule has 0 radical (unpaired) electrons. The van der Waals surface area contributed by atoms with Crippen LogP contribution in [0.2, 0.25) is 0 Å². The summed E-state index contributed by atoms with van der Waals surface area (Å²) in [6, 6.07) is 8.61. The number of aryl methyl sites for hydroxylation is 1. The first kappa shape index (κ1) is 14.4. The first-order chi connectivity index (χ1) is 9.31. The van der Waals surface area contributed by atoms with Gasteiger partial charge in [0.05, 0.1) is 6.10 Å². The lowest BCUT2D eigenvalue weighted by atomic mass is 10.1. The van der Waals surface area contributed by atoms with E-state index in [2.05, 4.69) is 41.4 Å². The van der Waals surface area contributed by atoms with Crippen molar-refractivity contribution >= 4 is 5.69 Å². The second-order valence-electron chi connectivity index (χ2n) is 5.39. The molecule has 0 bridgehead atoms. The van der Waals surface area contributed by atoms with Crippen molar-refractivity contribution in [2.45, 2.75) is 38.7 Å². The molecule has 2 rings (SSSR count). The first-order valence-corrected chi connectivity index (χ1v) is 7.53. The van der Waals surface area contributed by atoms with E-state index in [1.165, 1.54) is 24.1 Å². The molecule has 106 valence electrons. The van der Waals surface area contributed by atoms with E-state index in [9.17, 15) is 5.11 Å². The molecule has 1 aliphatic rings. The minimum atomic E-state index is -0.294. The van der Waals surface area contributed by atoms with Crippen LogP contribution in [0.15, 0.2) is 24.3 Å². The van der Waals surface area contributed by atoms with Gasteiger partial charge < -0.3 is 15.3 Å². The molecule has 19 heavy (non-hydrogen) atoms. The summed E-state index contributed by atoms with van der Waals surface area (Å²) in [5, 5.41) is 13.4. The van der Waals surface area contributed by atoms with Crippen LogP contribution < -0.4 is 10.2 Å². The Balaban J connectivity index is 1.95. The van der Waals surface area contributed by atoms with Crippen molar-refractivity contribution in [3.05, 3.63) is 29.8 Å². The average Bonchev–Trinajstić information content (AvgIpc) is 2.62. The standard InChI is InChI=1S/C16H26N2O/c1-2-10-17-12-15(19)13-18-11-6-5-8-14-7-3-4-9-16(14)18/h3-4,7,9,15,17,19H,2,5-6,8,10-13H2,1H3. The molecule has 0 fully saturated rings. The van der Waals surface area contributed by atoms with Crippen LogP contribution in [-0.2, 0) is 6.42 Å². The topological polar surface area (TPSA) is 35.5 Å². The molecule has 1 heterocycles. The number of nitrogens with zero attached hydrogens (tertiary/aromatic N) is 1. The Hall–Kier alpha value is -1.06. The van der Waals surface area contributed by atoms with E-state index in [1.54, 1.807) is 0 Å². The van der Waals surface area contributed by atoms with E-state index in [0.717, 1.165) is 32.5 Å². The van der Waals surface area contributed by atoms with Crippen LogP contribution in [0.3, 0.4) is 0 Å². The zero-order valence-electron chi connectivity index (χ0n) is 11.9. The summed E-state index contributed by atoms with van der Waals surface area (Å²) in [5.74, 6) is 0. The van der Waals surface area contributed by atoms with Crippen LogP contribution in [0.4, 0.5) is 5.69 Å². The monoisotopic (exact) mass is 262 g/mol. The largest absolute Gasteiger partial charge is 0.390 e. The molecular weight excluding hydrogens is 236 g/mol. The minimum Gasteiger partial charge on any atom is -0.390 e. The van der Waals surface area contributed by atoms with Crippen molar-refractivity contribution in [1.29, 1.82) is 0 Å². The molecule has 2 N–H and O–H groups in total. The van der Waals surface area contributed by atoms with E-state index >= 15 is 0 Å². The lowest BCUT2D eigenvalue weighted by molar-refractivity contribution is 0.177. The number of benzene rings is 1. The van der Waals surface area contributed by atoms with Crippen LogP contribution >= 0.6 is 0 Å². The summed E-state index contributed by atoms with van der Waals surface area (Å²) in [6.07, 6.45) is 4.44. The Morgan fingerprint density at radius 2 is 2.16 bits per heavy atom. The van der Waals surface area contributed by atoms with Gasteiger partial charge in [-0.3, -0.25) is 0 Å². The van der Waals surface area contributed by atoms with Crippen molar-refractivity contribution in [3.8, 4) is 0 Å². The fourth-order valence-corrected chi connectivity index (χ4v) is 2.72. The third-order valence-electron chi connectivity index (χ3n) is 3.69. The number of aliphatic hydroxyl groups excluding tert-OH is 1. The molecule has 1 aliphatic heterocycles. The van der Waals surface area contributed by atoms with Crippen LogP contribution in [0.25, 0.3) is 0 Å². The second kappa shape index (κ2) is 7.51. The smallest absolute Gasteiger partial charge is 0.0839 e. The van der Waals surface area contributed by atoms with E-state index in [-0.39, 0.29) is 6.10 Å². The van der Waals surface area contributed by atoms with Gasteiger partial charge in [0.25, 0.3) is 0 Å². The maximum Gasteiger partial charge on any atom is 0.0839 e. The van der Waals surface area contributed by atoms with Gasteiger partial charge in [0, 0.05) is 25.3 Å². The Bertz CT molecular complexity index is 381. The highest BCUT2D eigenvalue weighted by molar-refractivity contribution is 5.54. The summed E-state index contributed by atoms with van der Waals surface area (Å²) in [5.41, 5.74) is 2.74. The predicted molar refractivity (Wildman–Crippen MR) is 80.8 cm³/mol. The van der Waals surface area contributed by atoms with Gasteiger partial charge in [-0.15, -0.1) is 0 Å². The number of aliphatic hydroxyl groups is 1. The van der Waals surface area contributed by atoms with Gasteiger partial charge in [0.15, 0.2) is 0 Å². The van der Waals surface area contributed by atoms with Crippen LogP contribution in [0.5, 0.6) is 0 Å². The quantitative estimate of drug-likeness (QED) is 0.771. The summed E-state index contributed by atoms with van der Waals surface area (Å²) in [7, 11) is 0. The van der Waals surface area contributed by atoms with E-state index in [0.29, 0.717) is 6.54 Å². The molecule has 1 unspecified atom stereocenters. The third-order valence-corrected chi connectivity index (χ3v) is 3.69. The fourth-order valence-electron chi connectivity index (χ4n) is 2.72. The van der Waals surface area contributed by atoms with Crippen molar-refractivity contribution < 1.29 is 5.11 Å². The van der Waals surface area contributed by atoms with Crippen LogP contribution in [0.1, 0.15) is 31.7 Å². The lowest BCUT2D eigenvalue weighted by Gasteiger charge is -2.27. The van der Waals surface area contributed by atoms with Crippen LogP contribution in [0, 0.1) is 0 Å². The number of hydrogen-bond acceptors (Lipinski definition) is 3. The highest BCUT2D eigenvalue weighted by Gasteiger charge is 2.17. The maximum absolute atomic E-state index is 10.1. The van der Waals surface area contributed by atoms with E-state index in [1.807, 2.05) is 0 Å². The number of para-hydroxylation sites is 1. The average molecular weight is 262 g/mol. The summed E-state index contributed by atoms with van der Waals surface area (Å²) in [6.45, 7) is 5.60. The molecular formula is C16H26N2O. The Morgan fingerprint density at radius 3 is 3.00 bits per heavy atom. The van der Waals surface area contributed by atoms with Gasteiger partial charge in [-0.05, 0) is 43.9 Å². The normalized spacial score (nSPS) is 16.8. The Labute approximate surface area is 116 Å². The molecule has 3 heteroatoms. The highest BCUT2D eigenvalue weighted by Crippen LogP contribution is 2.25. The van der Waals surface area contributed by atoms with Gasteiger partial charge in [-0.1, -0.05) is 25.1 Å². The summed E-state index contributed by atoms with van der Waals surface area (Å²) < 4.78 is 0. The number of fused-ring (bicyclic) bond motifs is 1. The molecule has 1 aromatic carbocycles. The summed E-state index contributed by atoms with van der Waals surface area (Å²) >= 11 is 0. The van der Waals surface area contributed by atoms with Crippen molar-refractivity contribution in [3.63, 3.8) is 0 Å². The number of rotatable bonds is 6. The molecule has 0 saturated carbocycles. The number of nitrogens with one attached hydrogen (secondary N) is 1. The Kier molecular flexibility index (Phi) is 5.67.